The lowest BCUT2D eigenvalue weighted by atomic mass is 9.33. The Bertz CT molecular complexity index is 7280. The molecular weight excluding hydrogens is 1420 g/mol. The normalized spacial score (nSPS) is 13.2. The van der Waals surface area contributed by atoms with E-state index in [2.05, 4.69) is 452 Å². The van der Waals surface area contributed by atoms with E-state index in [1.54, 1.807) is 0 Å². The molecule has 0 amide bonds. The second-order valence-electron chi connectivity index (χ2n) is 33.3. The summed E-state index contributed by atoms with van der Waals surface area (Å²) in [6, 6.07) is 157. The first-order chi connectivity index (χ1) is 58.2. The summed E-state index contributed by atoms with van der Waals surface area (Å²) in [6.45, 7) is 6.92. The molecule has 4 heterocycles. The number of hydrogen-bond acceptors (Lipinski definition) is 2. The Morgan fingerprint density at radius 3 is 0.975 bits per heavy atom. The Labute approximate surface area is 687 Å². The monoisotopic (exact) mass is 1500 g/mol. The van der Waals surface area contributed by atoms with Gasteiger partial charge in [-0.2, -0.15) is 0 Å². The fourth-order valence-corrected chi connectivity index (χ4v) is 21.0. The van der Waals surface area contributed by atoms with Crippen LogP contribution in [0, 0.1) is 0 Å². The maximum Gasteiger partial charge on any atom is 0.252 e. The Morgan fingerprint density at radius 2 is 0.576 bits per heavy atom. The highest BCUT2D eigenvalue weighted by molar-refractivity contribution is 7.00. The van der Waals surface area contributed by atoms with Gasteiger partial charge in [-0.05, 0) is 201 Å². The Morgan fingerprint density at radius 1 is 0.246 bits per heavy atom. The van der Waals surface area contributed by atoms with Crippen molar-refractivity contribution in [3.63, 3.8) is 0 Å². The standard InChI is InChI=1S/C113H77BN4/c1-112(2,3)80-68-105-109-106(69-80)118(111-92(76-42-18-8-19-43-76)66-79(73-36-12-5-13-37-73)67-93(111)77-44-20-9-21-45-77)104-71-82(116-101-57-33-27-51-89(101)107-102(116)63-60-88-85-48-24-30-54-96(85)113(108(88)107)94-52-28-22-46-83(94)84-47-23-29-53-95(84)113)59-62-98(104)114(109)97-61-58-81(115-99-55-31-25-49-86(99)87-50-26-32-56-100(87)115)70-103(97)117(105)110-90(74-38-14-6-15-39-74)64-78(72-34-10-4-11-35-72)65-91(110)75-40-16-7-17-41-75/h4-71H,1-3H3. The van der Waals surface area contributed by atoms with Gasteiger partial charge < -0.3 is 18.9 Å². The third-order valence-corrected chi connectivity index (χ3v) is 26.0. The highest BCUT2D eigenvalue weighted by Crippen LogP contribution is 2.65. The van der Waals surface area contributed by atoms with Crippen molar-refractivity contribution in [2.45, 2.75) is 31.6 Å². The lowest BCUT2D eigenvalue weighted by molar-refractivity contribution is 0.590. The number of benzene rings is 18. The minimum absolute atomic E-state index is 0.298. The van der Waals surface area contributed by atoms with Gasteiger partial charge in [0.15, 0.2) is 0 Å². The molecule has 0 fully saturated rings. The van der Waals surface area contributed by atoms with Crippen molar-refractivity contribution in [3.05, 3.63) is 440 Å². The first-order valence-electron chi connectivity index (χ1n) is 41.3. The molecule has 0 saturated carbocycles. The zero-order chi connectivity index (χ0) is 78.1. The number of anilines is 6. The first-order valence-corrected chi connectivity index (χ1v) is 41.3. The van der Waals surface area contributed by atoms with E-state index in [1.807, 2.05) is 0 Å². The van der Waals surface area contributed by atoms with E-state index in [1.165, 1.54) is 88.0 Å². The molecule has 5 heteroatoms. The van der Waals surface area contributed by atoms with Gasteiger partial charge in [0, 0.05) is 77.9 Å². The molecule has 24 rings (SSSR count). The van der Waals surface area contributed by atoms with Crippen LogP contribution in [0.15, 0.2) is 413 Å². The van der Waals surface area contributed by atoms with Crippen molar-refractivity contribution in [1.29, 1.82) is 0 Å². The second kappa shape index (κ2) is 26.1. The molecule has 0 bridgehead atoms. The molecule has 0 saturated heterocycles. The van der Waals surface area contributed by atoms with Gasteiger partial charge in [0.05, 0.1) is 38.9 Å². The molecule has 552 valence electrons. The topological polar surface area (TPSA) is 16.3 Å². The van der Waals surface area contributed by atoms with Gasteiger partial charge in [-0.3, -0.25) is 0 Å². The van der Waals surface area contributed by atoms with Crippen molar-refractivity contribution in [2.75, 3.05) is 9.80 Å². The lowest BCUT2D eigenvalue weighted by Crippen LogP contribution is -2.61. The van der Waals surface area contributed by atoms with Crippen LogP contribution < -0.4 is 26.2 Å². The summed E-state index contributed by atoms with van der Waals surface area (Å²) in [5.74, 6) is 0. The fourth-order valence-electron chi connectivity index (χ4n) is 21.0. The van der Waals surface area contributed by atoms with Gasteiger partial charge in [0.1, 0.15) is 0 Å². The minimum atomic E-state index is -0.586. The molecule has 0 unspecified atom stereocenters. The van der Waals surface area contributed by atoms with Crippen molar-refractivity contribution in [1.82, 2.24) is 9.13 Å². The molecule has 20 aromatic rings. The maximum absolute atomic E-state index is 2.75. The molecule has 1 spiro atoms. The van der Waals surface area contributed by atoms with E-state index < -0.39 is 5.41 Å². The van der Waals surface area contributed by atoms with Crippen LogP contribution in [0.3, 0.4) is 0 Å². The first kappa shape index (κ1) is 67.7. The molecule has 4 nitrogen and oxygen atoms in total. The SMILES string of the molecule is CC(C)(C)c1cc2c3c(c1)N(c1c(-c4ccccc4)cc(-c4ccccc4)cc1-c1ccccc1)c1cc(-n4c5ccccc5c5c6c(ccc54)-c4ccccc4C64c5ccccc5-c5ccccc54)ccc1B3c1ccc(-n3c4ccccc4c4ccccc43)cc1N2c1c(-c2ccccc2)cc(-c2ccccc2)cc1-c1ccccc1. The van der Waals surface area contributed by atoms with E-state index in [4.69, 9.17) is 0 Å². The number of aromatic nitrogens is 2. The van der Waals surface area contributed by atoms with Crippen molar-refractivity contribution in [3.8, 4) is 100 Å². The Kier molecular flexibility index (Phi) is 15.0. The zero-order valence-electron chi connectivity index (χ0n) is 65.6. The van der Waals surface area contributed by atoms with Crippen LogP contribution in [-0.4, -0.2) is 15.8 Å². The summed E-state index contributed by atoms with van der Waals surface area (Å²) in [7, 11) is 0. The van der Waals surface area contributed by atoms with Gasteiger partial charge in [-0.15, -0.1) is 0 Å². The van der Waals surface area contributed by atoms with E-state index >= 15 is 0 Å². The summed E-state index contributed by atoms with van der Waals surface area (Å²) in [5.41, 5.74) is 41.4. The van der Waals surface area contributed by atoms with E-state index in [9.17, 15) is 0 Å². The average molecular weight is 1500 g/mol. The number of nitrogens with zero attached hydrogens (tertiary/aromatic N) is 4. The van der Waals surface area contributed by atoms with Crippen LogP contribution in [0.25, 0.3) is 144 Å². The van der Waals surface area contributed by atoms with Gasteiger partial charge in [-0.1, -0.05) is 348 Å². The summed E-state index contributed by atoms with van der Waals surface area (Å²) in [4.78, 5) is 5.47. The molecule has 0 radical (unpaired) electrons. The summed E-state index contributed by atoms with van der Waals surface area (Å²) in [5, 5.41) is 4.93. The predicted octanol–water partition coefficient (Wildman–Crippen LogP) is 27.6. The molecule has 0 atom stereocenters. The van der Waals surface area contributed by atoms with Crippen LogP contribution in [0.4, 0.5) is 34.1 Å². The van der Waals surface area contributed by atoms with E-state index in [0.29, 0.717) is 0 Å². The van der Waals surface area contributed by atoms with E-state index in [-0.39, 0.29) is 12.1 Å². The van der Waals surface area contributed by atoms with Crippen LogP contribution in [0.1, 0.15) is 48.6 Å². The van der Waals surface area contributed by atoms with Crippen molar-refractivity contribution >= 4 is 101 Å². The van der Waals surface area contributed by atoms with Gasteiger partial charge in [0.2, 0.25) is 0 Å². The third-order valence-electron chi connectivity index (χ3n) is 26.0. The molecule has 0 N–H and O–H groups in total. The molecule has 18 aromatic carbocycles. The number of fused-ring (bicyclic) bond motifs is 21. The molecule has 2 aliphatic heterocycles. The van der Waals surface area contributed by atoms with Gasteiger partial charge in [0.25, 0.3) is 6.71 Å². The maximum atomic E-state index is 2.75. The second-order valence-corrected chi connectivity index (χ2v) is 33.3. The molecule has 2 aromatic heterocycles. The molecule has 2 aliphatic carbocycles. The van der Waals surface area contributed by atoms with Crippen molar-refractivity contribution in [2.24, 2.45) is 0 Å². The van der Waals surface area contributed by atoms with Gasteiger partial charge >= 0.3 is 0 Å². The minimum Gasteiger partial charge on any atom is -0.310 e. The highest BCUT2D eigenvalue weighted by atomic mass is 15.2. The fraction of sp³-hybridized carbons (Fsp3) is 0.0442. The molecule has 118 heavy (non-hydrogen) atoms. The number of para-hydroxylation sites is 3. The number of rotatable bonds is 10. The van der Waals surface area contributed by atoms with Crippen LogP contribution in [0.5, 0.6) is 0 Å². The summed E-state index contributed by atoms with van der Waals surface area (Å²) >= 11 is 0. The van der Waals surface area contributed by atoms with Crippen LogP contribution >= 0.6 is 0 Å². The number of hydrogen-bond donors (Lipinski definition) is 0. The zero-order valence-corrected chi connectivity index (χ0v) is 65.6. The van der Waals surface area contributed by atoms with E-state index in [0.717, 1.165) is 134 Å². The van der Waals surface area contributed by atoms with Crippen LogP contribution in [-0.2, 0) is 10.8 Å². The largest absolute Gasteiger partial charge is 0.310 e. The molecule has 4 aliphatic rings. The third kappa shape index (κ3) is 9.92. The lowest BCUT2D eigenvalue weighted by Gasteiger charge is -2.46. The van der Waals surface area contributed by atoms with Gasteiger partial charge in [-0.25, -0.2) is 0 Å². The molecular formula is C113H77BN4. The highest BCUT2D eigenvalue weighted by Gasteiger charge is 2.53. The predicted molar refractivity (Wildman–Crippen MR) is 497 cm³/mol. The summed E-state index contributed by atoms with van der Waals surface area (Å²) in [6.07, 6.45) is 0. The van der Waals surface area contributed by atoms with Crippen LogP contribution in [0.2, 0.25) is 0 Å². The summed E-state index contributed by atoms with van der Waals surface area (Å²) < 4.78 is 5.12. The van der Waals surface area contributed by atoms with Crippen molar-refractivity contribution < 1.29 is 0 Å². The average Bonchev–Trinajstić information content (AvgIpc) is 1.43. The Balaban J connectivity index is 0.858. The quantitative estimate of drug-likeness (QED) is 0.127. The Hall–Kier alpha value is -14.8. The smallest absolute Gasteiger partial charge is 0.252 e.